The van der Waals surface area contributed by atoms with Crippen LogP contribution in [0.3, 0.4) is 0 Å². The van der Waals surface area contributed by atoms with Crippen LogP contribution in [0.1, 0.15) is 39.3 Å². The molecule has 1 aliphatic heterocycles. The van der Waals surface area contributed by atoms with E-state index in [1.165, 1.54) is 39.9 Å². The Balaban J connectivity index is 1.78. The average Bonchev–Trinajstić information content (AvgIpc) is 3.24. The number of hydrogen-bond donors (Lipinski definition) is 1. The Morgan fingerprint density at radius 1 is 1.30 bits per heavy atom. The van der Waals surface area contributed by atoms with E-state index in [2.05, 4.69) is 10.3 Å². The lowest BCUT2D eigenvalue weighted by molar-refractivity contribution is -0.119. The monoisotopic (exact) mass is 427 g/mol. The van der Waals surface area contributed by atoms with Gasteiger partial charge in [0.2, 0.25) is 15.9 Å². The SMILES string of the molecule is CC(C)(C)c1csc(NC(=O)C2CCCN2S(=O)(=O)c2ccc(Cl)cc2)n1. The van der Waals surface area contributed by atoms with E-state index in [0.717, 1.165) is 5.69 Å². The lowest BCUT2D eigenvalue weighted by Gasteiger charge is -2.23. The van der Waals surface area contributed by atoms with Gasteiger partial charge in [0, 0.05) is 22.4 Å². The number of anilines is 1. The Morgan fingerprint density at radius 3 is 2.56 bits per heavy atom. The van der Waals surface area contributed by atoms with Crippen molar-refractivity contribution in [3.05, 3.63) is 40.4 Å². The van der Waals surface area contributed by atoms with Crippen LogP contribution in [0, 0.1) is 0 Å². The second-order valence-corrected chi connectivity index (χ2v) is 10.7. The molecule has 1 aliphatic rings. The molecule has 1 aromatic carbocycles. The van der Waals surface area contributed by atoms with E-state index >= 15 is 0 Å². The van der Waals surface area contributed by atoms with E-state index in [0.29, 0.717) is 29.5 Å². The van der Waals surface area contributed by atoms with Crippen LogP contribution < -0.4 is 5.32 Å². The Hall–Kier alpha value is -1.48. The highest BCUT2D eigenvalue weighted by molar-refractivity contribution is 7.89. The number of benzene rings is 1. The predicted molar refractivity (Wildman–Crippen MR) is 108 cm³/mol. The zero-order valence-electron chi connectivity index (χ0n) is 15.4. The molecule has 0 bridgehead atoms. The lowest BCUT2D eigenvalue weighted by atomic mass is 9.93. The standard InChI is InChI=1S/C18H22ClN3O3S2/c1-18(2,3)15-11-26-17(20-15)21-16(23)14-5-4-10-22(14)27(24,25)13-8-6-12(19)7-9-13/h6-9,11,14H,4-5,10H2,1-3H3,(H,20,21,23). The first kappa shape index (κ1) is 20.3. The first-order chi connectivity index (χ1) is 12.6. The van der Waals surface area contributed by atoms with Gasteiger partial charge in [-0.1, -0.05) is 32.4 Å². The molecule has 0 aliphatic carbocycles. The normalized spacial score (nSPS) is 18.6. The van der Waals surface area contributed by atoms with Crippen LogP contribution in [0.4, 0.5) is 5.13 Å². The van der Waals surface area contributed by atoms with Crippen molar-refractivity contribution >= 4 is 44.0 Å². The number of sulfonamides is 1. The maximum absolute atomic E-state index is 12.9. The number of hydrogen-bond acceptors (Lipinski definition) is 5. The second-order valence-electron chi connectivity index (χ2n) is 7.50. The van der Waals surface area contributed by atoms with E-state index in [1.54, 1.807) is 0 Å². The molecule has 1 atom stereocenters. The zero-order valence-corrected chi connectivity index (χ0v) is 17.8. The van der Waals surface area contributed by atoms with Gasteiger partial charge >= 0.3 is 0 Å². The minimum atomic E-state index is -3.76. The summed E-state index contributed by atoms with van der Waals surface area (Å²) in [5.41, 5.74) is 0.774. The Bertz CT molecular complexity index is 934. The van der Waals surface area contributed by atoms with Crippen LogP contribution in [0.5, 0.6) is 0 Å². The molecular formula is C18H22ClN3O3S2. The van der Waals surface area contributed by atoms with Gasteiger partial charge in [-0.3, -0.25) is 4.79 Å². The molecule has 0 spiro atoms. The summed E-state index contributed by atoms with van der Waals surface area (Å²) in [7, 11) is -3.76. The van der Waals surface area contributed by atoms with Crippen molar-refractivity contribution < 1.29 is 13.2 Å². The van der Waals surface area contributed by atoms with Crippen molar-refractivity contribution in [1.29, 1.82) is 0 Å². The number of carbonyl (C=O) groups is 1. The van der Waals surface area contributed by atoms with Gasteiger partial charge < -0.3 is 5.32 Å². The summed E-state index contributed by atoms with van der Waals surface area (Å²) < 4.78 is 27.1. The number of nitrogens with one attached hydrogen (secondary N) is 1. The van der Waals surface area contributed by atoms with E-state index in [9.17, 15) is 13.2 Å². The third kappa shape index (κ3) is 4.34. The summed E-state index contributed by atoms with van der Waals surface area (Å²) >= 11 is 7.19. The van der Waals surface area contributed by atoms with Crippen molar-refractivity contribution in [2.24, 2.45) is 0 Å². The molecule has 1 fully saturated rings. The number of aromatic nitrogens is 1. The van der Waals surface area contributed by atoms with Gasteiger partial charge in [0.1, 0.15) is 6.04 Å². The quantitative estimate of drug-likeness (QED) is 0.802. The predicted octanol–water partition coefficient (Wildman–Crippen LogP) is 3.89. The van der Waals surface area contributed by atoms with Crippen molar-refractivity contribution in [2.75, 3.05) is 11.9 Å². The molecule has 0 saturated carbocycles. The molecule has 2 aromatic rings. The number of rotatable bonds is 4. The zero-order chi connectivity index (χ0) is 19.8. The fourth-order valence-corrected chi connectivity index (χ4v) is 5.62. The Morgan fingerprint density at radius 2 is 1.96 bits per heavy atom. The van der Waals surface area contributed by atoms with Crippen molar-refractivity contribution in [1.82, 2.24) is 9.29 Å². The minimum Gasteiger partial charge on any atom is -0.301 e. The van der Waals surface area contributed by atoms with Gasteiger partial charge in [-0.25, -0.2) is 13.4 Å². The number of amides is 1. The summed E-state index contributed by atoms with van der Waals surface area (Å²) in [4.78, 5) is 17.3. The molecule has 1 saturated heterocycles. The molecule has 1 amide bonds. The summed E-state index contributed by atoms with van der Waals surface area (Å²) in [6.07, 6.45) is 1.12. The molecule has 0 radical (unpaired) electrons. The summed E-state index contributed by atoms with van der Waals surface area (Å²) in [6.45, 7) is 6.45. The van der Waals surface area contributed by atoms with Crippen LogP contribution in [0.25, 0.3) is 0 Å². The largest absolute Gasteiger partial charge is 0.301 e. The maximum Gasteiger partial charge on any atom is 0.244 e. The van der Waals surface area contributed by atoms with Gasteiger partial charge in [-0.05, 0) is 37.1 Å². The molecule has 6 nitrogen and oxygen atoms in total. The third-order valence-corrected chi connectivity index (χ3v) is 7.36. The van der Waals surface area contributed by atoms with Crippen LogP contribution in [-0.2, 0) is 20.2 Å². The Kier molecular flexibility index (Phi) is 5.63. The highest BCUT2D eigenvalue weighted by atomic mass is 35.5. The average molecular weight is 428 g/mol. The fraction of sp³-hybridized carbons (Fsp3) is 0.444. The van der Waals surface area contributed by atoms with Gasteiger partial charge in [-0.2, -0.15) is 4.31 Å². The molecule has 1 aromatic heterocycles. The third-order valence-electron chi connectivity index (χ3n) is 4.43. The molecule has 3 rings (SSSR count). The summed E-state index contributed by atoms with van der Waals surface area (Å²) in [6, 6.07) is 5.24. The van der Waals surface area contributed by atoms with Gasteiger partial charge in [0.05, 0.1) is 10.6 Å². The fourth-order valence-electron chi connectivity index (χ4n) is 2.90. The van der Waals surface area contributed by atoms with Crippen LogP contribution in [-0.4, -0.2) is 36.2 Å². The van der Waals surface area contributed by atoms with E-state index < -0.39 is 16.1 Å². The lowest BCUT2D eigenvalue weighted by Crippen LogP contribution is -2.43. The van der Waals surface area contributed by atoms with E-state index in [1.807, 2.05) is 26.2 Å². The highest BCUT2D eigenvalue weighted by Crippen LogP contribution is 2.29. The first-order valence-electron chi connectivity index (χ1n) is 8.63. The van der Waals surface area contributed by atoms with Crippen molar-refractivity contribution in [3.63, 3.8) is 0 Å². The highest BCUT2D eigenvalue weighted by Gasteiger charge is 2.39. The number of thiazole rings is 1. The van der Waals surface area contributed by atoms with Gasteiger partial charge in [0.25, 0.3) is 0 Å². The number of carbonyl (C=O) groups excluding carboxylic acids is 1. The topological polar surface area (TPSA) is 79.4 Å². The maximum atomic E-state index is 12.9. The smallest absolute Gasteiger partial charge is 0.244 e. The molecule has 9 heteroatoms. The summed E-state index contributed by atoms with van der Waals surface area (Å²) in [5, 5.41) is 5.64. The van der Waals surface area contributed by atoms with E-state index in [-0.39, 0.29) is 16.2 Å². The van der Waals surface area contributed by atoms with Crippen molar-refractivity contribution in [3.8, 4) is 0 Å². The molecule has 1 N–H and O–H groups in total. The molecular weight excluding hydrogens is 406 g/mol. The molecule has 146 valence electrons. The number of halogens is 1. The van der Waals surface area contributed by atoms with E-state index in [4.69, 9.17) is 11.6 Å². The van der Waals surface area contributed by atoms with Crippen LogP contribution in [0.2, 0.25) is 5.02 Å². The number of nitrogens with zero attached hydrogens (tertiary/aromatic N) is 2. The molecule has 1 unspecified atom stereocenters. The van der Waals surface area contributed by atoms with Gasteiger partial charge in [-0.15, -0.1) is 11.3 Å². The van der Waals surface area contributed by atoms with Gasteiger partial charge in [0.15, 0.2) is 5.13 Å². The van der Waals surface area contributed by atoms with Crippen LogP contribution in [0.15, 0.2) is 34.5 Å². The second kappa shape index (κ2) is 7.50. The minimum absolute atomic E-state index is 0.114. The first-order valence-corrected chi connectivity index (χ1v) is 11.3. The van der Waals surface area contributed by atoms with Crippen LogP contribution >= 0.6 is 22.9 Å². The summed E-state index contributed by atoms with van der Waals surface area (Å²) in [5.74, 6) is -0.347. The Labute approximate surface area is 168 Å². The molecule has 2 heterocycles. The molecule has 27 heavy (non-hydrogen) atoms. The van der Waals surface area contributed by atoms with Crippen molar-refractivity contribution in [2.45, 2.75) is 50.0 Å².